The molecule has 2 N–H and O–H groups in total. The third-order valence-corrected chi connectivity index (χ3v) is 4.66. The summed E-state index contributed by atoms with van der Waals surface area (Å²) < 4.78 is 0. The molecule has 2 rings (SSSR count). The quantitative estimate of drug-likeness (QED) is 0.879. The lowest BCUT2D eigenvalue weighted by molar-refractivity contribution is -0.124. The van der Waals surface area contributed by atoms with Crippen molar-refractivity contribution in [3.05, 3.63) is 29.8 Å². The zero-order valence-electron chi connectivity index (χ0n) is 14.0. The van der Waals surface area contributed by atoms with Gasteiger partial charge in [0, 0.05) is 19.3 Å². The molecule has 1 aliphatic rings. The Hall–Kier alpha value is -1.55. The van der Waals surface area contributed by atoms with Crippen LogP contribution in [0.1, 0.15) is 45.1 Å². The van der Waals surface area contributed by atoms with E-state index in [9.17, 15) is 9.90 Å². The van der Waals surface area contributed by atoms with Gasteiger partial charge in [-0.2, -0.15) is 0 Å². The van der Waals surface area contributed by atoms with Crippen molar-refractivity contribution in [3.8, 4) is 0 Å². The highest BCUT2D eigenvalue weighted by molar-refractivity contribution is 5.86. The smallest absolute Gasteiger partial charge is 0.227 e. The van der Waals surface area contributed by atoms with E-state index < -0.39 is 6.10 Å². The molecule has 0 saturated heterocycles. The molecule has 122 valence electrons. The van der Waals surface area contributed by atoms with E-state index in [1.165, 1.54) is 0 Å². The van der Waals surface area contributed by atoms with Gasteiger partial charge in [0.15, 0.2) is 0 Å². The fourth-order valence-corrected chi connectivity index (χ4v) is 3.18. The Labute approximate surface area is 133 Å². The minimum atomic E-state index is -0.504. The normalized spacial score (nSPS) is 20.5. The standard InChI is InChI=1S/C18H28N2O2/c1-5-15(17(21)12(2)3)19-18(22)14-10-11-20(4)16-9-7-6-8-13(14)16/h6-9,12,14-15,17,21H,5,10-11H2,1-4H3,(H,19,22). The molecule has 1 aliphatic heterocycles. The van der Waals surface area contributed by atoms with Crippen molar-refractivity contribution >= 4 is 11.6 Å². The van der Waals surface area contributed by atoms with Crippen LogP contribution in [0.15, 0.2) is 24.3 Å². The predicted molar refractivity (Wildman–Crippen MR) is 90.1 cm³/mol. The Bertz CT molecular complexity index is 516. The average molecular weight is 304 g/mol. The van der Waals surface area contributed by atoms with Crippen molar-refractivity contribution in [2.75, 3.05) is 18.5 Å². The van der Waals surface area contributed by atoms with Gasteiger partial charge in [0.25, 0.3) is 0 Å². The van der Waals surface area contributed by atoms with Crippen LogP contribution in [0.25, 0.3) is 0 Å². The maximum Gasteiger partial charge on any atom is 0.227 e. The van der Waals surface area contributed by atoms with E-state index in [0.717, 1.165) is 30.6 Å². The van der Waals surface area contributed by atoms with Gasteiger partial charge in [-0.25, -0.2) is 0 Å². The van der Waals surface area contributed by atoms with Crippen LogP contribution in [0.4, 0.5) is 5.69 Å². The molecule has 1 aromatic carbocycles. The molecule has 4 nitrogen and oxygen atoms in total. The number of fused-ring (bicyclic) bond motifs is 1. The number of benzene rings is 1. The number of hydrogen-bond donors (Lipinski definition) is 2. The fourth-order valence-electron chi connectivity index (χ4n) is 3.18. The van der Waals surface area contributed by atoms with E-state index in [0.29, 0.717) is 0 Å². The summed E-state index contributed by atoms with van der Waals surface area (Å²) >= 11 is 0. The topological polar surface area (TPSA) is 52.6 Å². The molecule has 0 radical (unpaired) electrons. The monoisotopic (exact) mass is 304 g/mol. The molecule has 1 amide bonds. The Morgan fingerprint density at radius 2 is 2.09 bits per heavy atom. The van der Waals surface area contributed by atoms with Gasteiger partial charge in [-0.15, -0.1) is 0 Å². The number of anilines is 1. The highest BCUT2D eigenvalue weighted by Crippen LogP contribution is 2.34. The van der Waals surface area contributed by atoms with Crippen LogP contribution < -0.4 is 10.2 Å². The molecule has 0 saturated carbocycles. The van der Waals surface area contributed by atoms with Crippen LogP contribution in [-0.4, -0.2) is 36.8 Å². The summed E-state index contributed by atoms with van der Waals surface area (Å²) in [6.07, 6.45) is 1.04. The number of carbonyl (C=O) groups excluding carboxylic acids is 1. The number of nitrogens with one attached hydrogen (secondary N) is 1. The van der Waals surface area contributed by atoms with E-state index in [-0.39, 0.29) is 23.8 Å². The third kappa shape index (κ3) is 3.43. The van der Waals surface area contributed by atoms with Gasteiger partial charge in [-0.1, -0.05) is 39.0 Å². The number of aliphatic hydroxyl groups excluding tert-OH is 1. The summed E-state index contributed by atoms with van der Waals surface area (Å²) in [5.41, 5.74) is 2.22. The van der Waals surface area contributed by atoms with Crippen molar-refractivity contribution in [1.82, 2.24) is 5.32 Å². The third-order valence-electron chi connectivity index (χ3n) is 4.66. The van der Waals surface area contributed by atoms with Crippen LogP contribution in [0, 0.1) is 5.92 Å². The molecule has 4 heteroatoms. The SMILES string of the molecule is CCC(NC(=O)C1CCN(C)c2ccccc21)C(O)C(C)C. The molecule has 3 atom stereocenters. The second-order valence-electron chi connectivity index (χ2n) is 6.58. The first-order valence-corrected chi connectivity index (χ1v) is 8.24. The van der Waals surface area contributed by atoms with E-state index in [1.54, 1.807) is 0 Å². The first-order valence-electron chi connectivity index (χ1n) is 8.24. The van der Waals surface area contributed by atoms with E-state index >= 15 is 0 Å². The second kappa shape index (κ2) is 7.14. The Kier molecular flexibility index (Phi) is 5.46. The first kappa shape index (κ1) is 16.8. The number of amides is 1. The van der Waals surface area contributed by atoms with Gasteiger partial charge in [0.05, 0.1) is 18.1 Å². The largest absolute Gasteiger partial charge is 0.391 e. The lowest BCUT2D eigenvalue weighted by Crippen LogP contribution is -2.47. The van der Waals surface area contributed by atoms with Gasteiger partial charge in [0.1, 0.15) is 0 Å². The van der Waals surface area contributed by atoms with Gasteiger partial charge in [-0.3, -0.25) is 4.79 Å². The van der Waals surface area contributed by atoms with Gasteiger partial charge in [0.2, 0.25) is 5.91 Å². The number of para-hydroxylation sites is 1. The number of rotatable bonds is 5. The zero-order chi connectivity index (χ0) is 16.3. The Morgan fingerprint density at radius 1 is 1.41 bits per heavy atom. The van der Waals surface area contributed by atoms with E-state index in [1.807, 2.05) is 39.0 Å². The Morgan fingerprint density at radius 3 is 2.73 bits per heavy atom. The molecule has 1 aromatic rings. The number of aliphatic hydroxyl groups is 1. The summed E-state index contributed by atoms with van der Waals surface area (Å²) in [5, 5.41) is 13.3. The summed E-state index contributed by atoms with van der Waals surface area (Å²) in [6, 6.07) is 7.91. The molecular formula is C18H28N2O2. The lowest BCUT2D eigenvalue weighted by Gasteiger charge is -2.34. The maximum atomic E-state index is 12.7. The lowest BCUT2D eigenvalue weighted by atomic mass is 9.88. The minimum absolute atomic E-state index is 0.0344. The van der Waals surface area contributed by atoms with Crippen molar-refractivity contribution in [2.45, 2.75) is 51.7 Å². The van der Waals surface area contributed by atoms with Crippen LogP contribution in [-0.2, 0) is 4.79 Å². The summed E-state index contributed by atoms with van der Waals surface area (Å²) in [7, 11) is 2.06. The first-order chi connectivity index (χ1) is 10.5. The highest BCUT2D eigenvalue weighted by atomic mass is 16.3. The summed E-state index contributed by atoms with van der Waals surface area (Å²) in [5.74, 6) is 0.0444. The maximum absolute atomic E-state index is 12.7. The molecule has 0 spiro atoms. The summed E-state index contributed by atoms with van der Waals surface area (Å²) in [4.78, 5) is 14.9. The molecular weight excluding hydrogens is 276 g/mol. The molecule has 0 aliphatic carbocycles. The van der Waals surface area contributed by atoms with Crippen LogP contribution in [0.2, 0.25) is 0 Å². The van der Waals surface area contributed by atoms with Gasteiger partial charge < -0.3 is 15.3 Å². The molecule has 0 aromatic heterocycles. The van der Waals surface area contributed by atoms with E-state index in [2.05, 4.69) is 23.3 Å². The zero-order valence-corrected chi connectivity index (χ0v) is 14.0. The number of carbonyl (C=O) groups is 1. The van der Waals surface area contributed by atoms with Crippen LogP contribution in [0.3, 0.4) is 0 Å². The van der Waals surface area contributed by atoms with Crippen LogP contribution >= 0.6 is 0 Å². The molecule has 3 unspecified atom stereocenters. The van der Waals surface area contributed by atoms with Crippen molar-refractivity contribution < 1.29 is 9.90 Å². The predicted octanol–water partition coefficient (Wildman–Crippen LogP) is 2.52. The van der Waals surface area contributed by atoms with Crippen molar-refractivity contribution in [1.29, 1.82) is 0 Å². The van der Waals surface area contributed by atoms with Gasteiger partial charge >= 0.3 is 0 Å². The van der Waals surface area contributed by atoms with Crippen LogP contribution in [0.5, 0.6) is 0 Å². The van der Waals surface area contributed by atoms with E-state index in [4.69, 9.17) is 0 Å². The molecule has 0 bridgehead atoms. The number of nitrogens with zero attached hydrogens (tertiary/aromatic N) is 1. The molecule has 22 heavy (non-hydrogen) atoms. The number of hydrogen-bond acceptors (Lipinski definition) is 3. The molecule has 1 heterocycles. The fraction of sp³-hybridized carbons (Fsp3) is 0.611. The summed E-state index contributed by atoms with van der Waals surface area (Å²) in [6.45, 7) is 6.83. The minimum Gasteiger partial charge on any atom is -0.391 e. The average Bonchev–Trinajstić information content (AvgIpc) is 2.52. The van der Waals surface area contributed by atoms with Crippen molar-refractivity contribution in [2.24, 2.45) is 5.92 Å². The van der Waals surface area contributed by atoms with Crippen molar-refractivity contribution in [3.63, 3.8) is 0 Å². The van der Waals surface area contributed by atoms with Gasteiger partial charge in [-0.05, 0) is 30.4 Å². The Balaban J connectivity index is 2.15. The second-order valence-corrected chi connectivity index (χ2v) is 6.58. The molecule has 0 fully saturated rings. The highest BCUT2D eigenvalue weighted by Gasteiger charge is 2.31.